The van der Waals surface area contributed by atoms with Crippen LogP contribution in [0.15, 0.2) is 23.0 Å². The molecule has 0 aliphatic carbocycles. The van der Waals surface area contributed by atoms with Gasteiger partial charge in [-0.1, -0.05) is 37.0 Å². The smallest absolute Gasteiger partial charge is 0.258 e. The Hall–Kier alpha value is -2.58. The second-order valence-electron chi connectivity index (χ2n) is 8.42. The Bertz CT molecular complexity index is 1090. The van der Waals surface area contributed by atoms with Gasteiger partial charge in [-0.25, -0.2) is 0 Å². The van der Waals surface area contributed by atoms with Gasteiger partial charge in [0.1, 0.15) is 5.82 Å². The lowest BCUT2D eigenvalue weighted by atomic mass is 9.91. The molecular formula is C21H23Cl2N5O3. The van der Waals surface area contributed by atoms with E-state index < -0.39 is 17.4 Å². The molecule has 0 spiro atoms. The van der Waals surface area contributed by atoms with Crippen molar-refractivity contribution in [2.45, 2.75) is 32.6 Å². The molecule has 3 atom stereocenters. The van der Waals surface area contributed by atoms with Crippen LogP contribution >= 0.6 is 23.2 Å². The molecule has 2 aliphatic heterocycles. The Morgan fingerprint density at radius 1 is 1.19 bits per heavy atom. The Kier molecular flexibility index (Phi) is 5.94. The minimum absolute atomic E-state index is 0.123. The van der Waals surface area contributed by atoms with Gasteiger partial charge in [0.15, 0.2) is 0 Å². The van der Waals surface area contributed by atoms with Gasteiger partial charge in [-0.2, -0.15) is 4.98 Å². The van der Waals surface area contributed by atoms with Crippen molar-refractivity contribution in [2.75, 3.05) is 28.6 Å². The summed E-state index contributed by atoms with van der Waals surface area (Å²) in [4.78, 5) is 47.6. The highest BCUT2D eigenvalue weighted by atomic mass is 35.5. The van der Waals surface area contributed by atoms with Gasteiger partial charge in [-0.3, -0.25) is 19.4 Å². The molecule has 0 unspecified atom stereocenters. The number of carbonyl (C=O) groups excluding carboxylic acids is 2. The van der Waals surface area contributed by atoms with Crippen molar-refractivity contribution in [3.63, 3.8) is 0 Å². The van der Waals surface area contributed by atoms with Crippen LogP contribution in [0, 0.1) is 11.8 Å². The first kappa shape index (κ1) is 21.6. The molecule has 31 heavy (non-hydrogen) atoms. The van der Waals surface area contributed by atoms with Gasteiger partial charge >= 0.3 is 0 Å². The third-order valence-electron chi connectivity index (χ3n) is 5.61. The average molecular weight is 464 g/mol. The number of piperidine rings is 1. The summed E-state index contributed by atoms with van der Waals surface area (Å²) in [6.45, 7) is 5.83. The van der Waals surface area contributed by atoms with E-state index in [1.165, 1.54) is 6.07 Å². The Labute approximate surface area is 189 Å². The summed E-state index contributed by atoms with van der Waals surface area (Å²) >= 11 is 12.1. The summed E-state index contributed by atoms with van der Waals surface area (Å²) in [5.41, 5.74) is 0.00401. The van der Waals surface area contributed by atoms with Crippen LogP contribution in [0.4, 0.5) is 17.5 Å². The summed E-state index contributed by atoms with van der Waals surface area (Å²) in [5, 5.41) is 6.02. The van der Waals surface area contributed by atoms with Crippen LogP contribution in [0.2, 0.25) is 10.0 Å². The molecule has 2 aromatic rings. The van der Waals surface area contributed by atoms with E-state index in [-0.39, 0.29) is 23.7 Å². The fraction of sp³-hybridized carbons (Fsp3) is 0.429. The van der Waals surface area contributed by atoms with Crippen LogP contribution in [-0.2, 0) is 9.59 Å². The summed E-state index contributed by atoms with van der Waals surface area (Å²) in [6, 6.07) is 4.67. The fourth-order valence-corrected chi connectivity index (χ4v) is 4.72. The Balaban J connectivity index is 1.66. The zero-order valence-corrected chi connectivity index (χ0v) is 18.7. The molecule has 0 saturated carbocycles. The lowest BCUT2D eigenvalue weighted by Crippen LogP contribution is -2.42. The molecule has 8 nitrogen and oxygen atoms in total. The third-order valence-corrected chi connectivity index (χ3v) is 6.17. The predicted octanol–water partition coefficient (Wildman–Crippen LogP) is 3.62. The normalized spacial score (nSPS) is 23.2. The minimum Gasteiger partial charge on any atom is -0.342 e. The number of carbonyl (C=O) groups is 2. The van der Waals surface area contributed by atoms with Crippen LogP contribution in [0.3, 0.4) is 0 Å². The van der Waals surface area contributed by atoms with Gasteiger partial charge in [0.05, 0.1) is 22.2 Å². The van der Waals surface area contributed by atoms with Crippen molar-refractivity contribution < 1.29 is 9.59 Å². The zero-order chi connectivity index (χ0) is 22.3. The maximum Gasteiger partial charge on any atom is 0.258 e. The topological polar surface area (TPSA) is 107 Å². The molecule has 3 heterocycles. The molecule has 1 saturated heterocycles. The number of amides is 2. The van der Waals surface area contributed by atoms with Crippen molar-refractivity contribution in [3.8, 4) is 0 Å². The van der Waals surface area contributed by atoms with Gasteiger partial charge in [0.2, 0.25) is 17.8 Å². The standard InChI is InChI=1S/C21H23Cl2N5O3/c1-10-5-11(2)9-28(8-10)21-26-18-17(20(31)27-21)13(7-16(29)25-18)19(30)24-15-6-12(22)3-4-14(15)23/h3-4,6,10-11,13H,5,7-9H2,1-2H3,(H,24,30)(H2,25,26,27,29,31)/t10-,11-,13-/m0/s1. The van der Waals surface area contributed by atoms with Crippen LogP contribution in [-0.4, -0.2) is 34.9 Å². The summed E-state index contributed by atoms with van der Waals surface area (Å²) in [5.74, 6) is -0.459. The highest BCUT2D eigenvalue weighted by Crippen LogP contribution is 2.33. The molecule has 1 aromatic carbocycles. The predicted molar refractivity (Wildman–Crippen MR) is 121 cm³/mol. The van der Waals surface area contributed by atoms with Crippen LogP contribution in [0.1, 0.15) is 38.2 Å². The quantitative estimate of drug-likeness (QED) is 0.643. The van der Waals surface area contributed by atoms with E-state index in [0.29, 0.717) is 33.5 Å². The molecule has 1 fully saturated rings. The van der Waals surface area contributed by atoms with Crippen molar-refractivity contribution in [3.05, 3.63) is 44.2 Å². The van der Waals surface area contributed by atoms with Gasteiger partial charge in [0.25, 0.3) is 5.56 Å². The number of fused-ring (bicyclic) bond motifs is 1. The van der Waals surface area contributed by atoms with Crippen molar-refractivity contribution >= 4 is 52.5 Å². The van der Waals surface area contributed by atoms with Crippen molar-refractivity contribution in [1.82, 2.24) is 9.97 Å². The molecule has 164 valence electrons. The van der Waals surface area contributed by atoms with Gasteiger partial charge in [-0.15, -0.1) is 0 Å². The van der Waals surface area contributed by atoms with E-state index in [4.69, 9.17) is 23.2 Å². The van der Waals surface area contributed by atoms with E-state index >= 15 is 0 Å². The number of nitrogens with one attached hydrogen (secondary N) is 3. The van der Waals surface area contributed by atoms with E-state index in [9.17, 15) is 14.4 Å². The number of benzene rings is 1. The zero-order valence-electron chi connectivity index (χ0n) is 17.2. The van der Waals surface area contributed by atoms with Crippen molar-refractivity contribution in [1.29, 1.82) is 0 Å². The van der Waals surface area contributed by atoms with Crippen LogP contribution < -0.4 is 21.1 Å². The first-order valence-corrected chi connectivity index (χ1v) is 10.9. The van der Waals surface area contributed by atoms with E-state index in [0.717, 1.165) is 19.5 Å². The molecule has 2 aliphatic rings. The monoisotopic (exact) mass is 463 g/mol. The first-order chi connectivity index (χ1) is 14.7. The van der Waals surface area contributed by atoms with Crippen molar-refractivity contribution in [2.24, 2.45) is 11.8 Å². The van der Waals surface area contributed by atoms with Gasteiger partial charge < -0.3 is 15.5 Å². The number of halogens is 2. The Morgan fingerprint density at radius 2 is 1.90 bits per heavy atom. The third kappa shape index (κ3) is 4.55. The van der Waals surface area contributed by atoms with E-state index in [2.05, 4.69) is 34.4 Å². The molecule has 10 heteroatoms. The average Bonchev–Trinajstić information content (AvgIpc) is 2.69. The molecule has 0 radical (unpaired) electrons. The second-order valence-corrected chi connectivity index (χ2v) is 9.26. The van der Waals surface area contributed by atoms with Crippen LogP contribution in [0.25, 0.3) is 0 Å². The number of nitrogens with zero attached hydrogens (tertiary/aromatic N) is 2. The summed E-state index contributed by atoms with van der Waals surface area (Å²) in [7, 11) is 0. The van der Waals surface area contributed by atoms with Gasteiger partial charge in [0, 0.05) is 24.5 Å². The number of rotatable bonds is 3. The molecule has 0 bridgehead atoms. The highest BCUT2D eigenvalue weighted by molar-refractivity contribution is 6.35. The number of anilines is 3. The Morgan fingerprint density at radius 3 is 2.61 bits per heavy atom. The fourth-order valence-electron chi connectivity index (χ4n) is 4.38. The summed E-state index contributed by atoms with van der Waals surface area (Å²) in [6.07, 6.45) is 0.940. The first-order valence-electron chi connectivity index (χ1n) is 10.2. The largest absolute Gasteiger partial charge is 0.342 e. The number of hydrogen-bond acceptors (Lipinski definition) is 5. The number of H-pyrrole nitrogens is 1. The second kappa shape index (κ2) is 8.51. The maximum absolute atomic E-state index is 13.0. The molecular weight excluding hydrogens is 441 g/mol. The highest BCUT2D eigenvalue weighted by Gasteiger charge is 2.36. The van der Waals surface area contributed by atoms with E-state index in [1.807, 2.05) is 4.90 Å². The molecule has 2 amide bonds. The van der Waals surface area contributed by atoms with Crippen LogP contribution in [0.5, 0.6) is 0 Å². The number of aromatic amines is 1. The SMILES string of the molecule is C[C@H]1C[C@H](C)CN(c2nc3c(c(=O)[nH]2)[C@@H](C(=O)Nc2cc(Cl)ccc2Cl)CC(=O)N3)C1. The maximum atomic E-state index is 13.0. The minimum atomic E-state index is -0.997. The lowest BCUT2D eigenvalue weighted by molar-refractivity contribution is -0.123. The van der Waals surface area contributed by atoms with E-state index in [1.54, 1.807) is 12.1 Å². The number of aromatic nitrogens is 2. The molecule has 4 rings (SSSR count). The summed E-state index contributed by atoms with van der Waals surface area (Å²) < 4.78 is 0. The number of hydrogen-bond donors (Lipinski definition) is 3. The molecule has 3 N–H and O–H groups in total. The van der Waals surface area contributed by atoms with Gasteiger partial charge in [-0.05, 0) is 36.5 Å². The molecule has 1 aromatic heterocycles. The lowest BCUT2D eigenvalue weighted by Gasteiger charge is -2.35.